The van der Waals surface area contributed by atoms with Gasteiger partial charge in [-0.3, -0.25) is 25.0 Å². The van der Waals surface area contributed by atoms with Crippen molar-refractivity contribution in [2.75, 3.05) is 7.11 Å². The summed E-state index contributed by atoms with van der Waals surface area (Å²) in [4.78, 5) is 48.0. The van der Waals surface area contributed by atoms with E-state index in [0.29, 0.717) is 16.8 Å². The number of carbonyl (C=O) groups is 2. The van der Waals surface area contributed by atoms with Crippen LogP contribution in [0, 0.1) is 20.2 Å². The standard InChI is InChI=1S/C21H19N3O7/c1-13-20(21(26)31-2)18(15-6-4-8-17(10-15)24(29)30)11-19(25)22(13)12-14-5-3-7-16(9-14)23(27)28/h3-10,18H,11-12H2,1-2H3. The maximum absolute atomic E-state index is 13.0. The van der Waals surface area contributed by atoms with Gasteiger partial charge < -0.3 is 9.64 Å². The molecule has 10 heteroatoms. The van der Waals surface area contributed by atoms with E-state index in [1.54, 1.807) is 19.1 Å². The van der Waals surface area contributed by atoms with Crippen molar-refractivity contribution < 1.29 is 24.2 Å². The second kappa shape index (κ2) is 8.74. The van der Waals surface area contributed by atoms with Crippen LogP contribution in [0.25, 0.3) is 0 Å². The van der Waals surface area contributed by atoms with Gasteiger partial charge in [0.25, 0.3) is 11.4 Å². The van der Waals surface area contributed by atoms with Crippen molar-refractivity contribution in [1.29, 1.82) is 0 Å². The zero-order valence-electron chi connectivity index (χ0n) is 16.8. The average Bonchev–Trinajstić information content (AvgIpc) is 2.76. The molecule has 0 N–H and O–H groups in total. The first-order valence-corrected chi connectivity index (χ1v) is 9.30. The Kier molecular flexibility index (Phi) is 6.10. The van der Waals surface area contributed by atoms with Gasteiger partial charge in [0.15, 0.2) is 0 Å². The van der Waals surface area contributed by atoms with Crippen LogP contribution in [-0.4, -0.2) is 33.7 Å². The molecule has 1 aliphatic rings. The Morgan fingerprint density at radius 2 is 1.71 bits per heavy atom. The Balaban J connectivity index is 2.04. The van der Waals surface area contributed by atoms with Crippen LogP contribution >= 0.6 is 0 Å². The number of nitrogens with zero attached hydrogens (tertiary/aromatic N) is 3. The molecule has 0 aromatic heterocycles. The summed E-state index contributed by atoms with van der Waals surface area (Å²) in [5.74, 6) is -1.67. The summed E-state index contributed by atoms with van der Waals surface area (Å²) in [7, 11) is 1.22. The molecule has 0 bridgehead atoms. The summed E-state index contributed by atoms with van der Waals surface area (Å²) in [6, 6.07) is 11.7. The molecular weight excluding hydrogens is 406 g/mol. The highest BCUT2D eigenvalue weighted by molar-refractivity contribution is 5.95. The number of benzene rings is 2. The fourth-order valence-electron chi connectivity index (χ4n) is 3.67. The van der Waals surface area contributed by atoms with Crippen LogP contribution in [0.15, 0.2) is 59.8 Å². The Hall–Kier alpha value is -4.08. The molecular formula is C21H19N3O7. The summed E-state index contributed by atoms with van der Waals surface area (Å²) in [6.45, 7) is 1.62. The number of non-ortho nitro benzene ring substituents is 2. The van der Waals surface area contributed by atoms with Crippen LogP contribution in [-0.2, 0) is 20.9 Å². The van der Waals surface area contributed by atoms with Crippen molar-refractivity contribution in [2.24, 2.45) is 0 Å². The van der Waals surface area contributed by atoms with Crippen LogP contribution in [0.2, 0.25) is 0 Å². The quantitative estimate of drug-likeness (QED) is 0.393. The van der Waals surface area contributed by atoms with Gasteiger partial charge in [0.1, 0.15) is 0 Å². The second-order valence-electron chi connectivity index (χ2n) is 7.01. The van der Waals surface area contributed by atoms with E-state index in [2.05, 4.69) is 0 Å². The minimum absolute atomic E-state index is 0.0362. The number of methoxy groups -OCH3 is 1. The molecule has 0 radical (unpaired) electrons. The Morgan fingerprint density at radius 1 is 1.10 bits per heavy atom. The normalized spacial score (nSPS) is 16.3. The second-order valence-corrected chi connectivity index (χ2v) is 7.01. The van der Waals surface area contributed by atoms with Gasteiger partial charge in [0.2, 0.25) is 5.91 Å². The van der Waals surface area contributed by atoms with E-state index in [1.165, 1.54) is 48.4 Å². The van der Waals surface area contributed by atoms with E-state index >= 15 is 0 Å². The molecule has 10 nitrogen and oxygen atoms in total. The molecule has 2 aromatic rings. The van der Waals surface area contributed by atoms with Crippen LogP contribution in [0.1, 0.15) is 30.4 Å². The van der Waals surface area contributed by atoms with E-state index < -0.39 is 21.7 Å². The predicted octanol–water partition coefficient (Wildman–Crippen LogP) is 3.47. The molecule has 1 atom stereocenters. The summed E-state index contributed by atoms with van der Waals surface area (Å²) in [5, 5.41) is 22.2. The van der Waals surface area contributed by atoms with Crippen molar-refractivity contribution in [2.45, 2.75) is 25.8 Å². The molecule has 1 aliphatic heterocycles. The Morgan fingerprint density at radius 3 is 2.32 bits per heavy atom. The van der Waals surface area contributed by atoms with Gasteiger partial charge in [-0.05, 0) is 18.1 Å². The lowest BCUT2D eigenvalue weighted by molar-refractivity contribution is -0.385. The number of allylic oxidation sites excluding steroid dienone is 1. The molecule has 0 saturated carbocycles. The van der Waals surface area contributed by atoms with Crippen molar-refractivity contribution in [1.82, 2.24) is 4.90 Å². The van der Waals surface area contributed by atoms with Crippen molar-refractivity contribution in [3.8, 4) is 0 Å². The number of esters is 1. The van der Waals surface area contributed by atoms with Crippen LogP contribution in [0.5, 0.6) is 0 Å². The van der Waals surface area contributed by atoms with E-state index in [4.69, 9.17) is 4.74 Å². The molecule has 160 valence electrons. The van der Waals surface area contributed by atoms with Crippen LogP contribution in [0.4, 0.5) is 11.4 Å². The number of nitro benzene ring substituents is 2. The van der Waals surface area contributed by atoms with Gasteiger partial charge in [0.05, 0.1) is 29.1 Å². The third-order valence-electron chi connectivity index (χ3n) is 5.17. The monoisotopic (exact) mass is 425 g/mol. The number of ether oxygens (including phenoxy) is 1. The van der Waals surface area contributed by atoms with E-state index in [-0.39, 0.29) is 35.8 Å². The molecule has 1 unspecified atom stereocenters. The largest absolute Gasteiger partial charge is 0.466 e. The van der Waals surface area contributed by atoms with Gasteiger partial charge in [-0.15, -0.1) is 0 Å². The van der Waals surface area contributed by atoms with Gasteiger partial charge in [-0.2, -0.15) is 0 Å². The highest BCUT2D eigenvalue weighted by Gasteiger charge is 2.37. The van der Waals surface area contributed by atoms with Crippen LogP contribution < -0.4 is 0 Å². The molecule has 0 spiro atoms. The minimum atomic E-state index is -0.707. The smallest absolute Gasteiger partial charge is 0.336 e. The molecule has 0 saturated heterocycles. The number of hydrogen-bond acceptors (Lipinski definition) is 7. The molecule has 0 aliphatic carbocycles. The van der Waals surface area contributed by atoms with Gasteiger partial charge in [-0.1, -0.05) is 24.3 Å². The number of rotatable bonds is 6. The van der Waals surface area contributed by atoms with Gasteiger partial charge in [-0.25, -0.2) is 4.79 Å². The Labute approximate surface area is 177 Å². The maximum Gasteiger partial charge on any atom is 0.336 e. The average molecular weight is 425 g/mol. The summed E-state index contributed by atoms with van der Waals surface area (Å²) in [5.41, 5.74) is 1.29. The summed E-state index contributed by atoms with van der Waals surface area (Å²) < 4.78 is 4.92. The van der Waals surface area contributed by atoms with E-state index in [0.717, 1.165) is 0 Å². The molecule has 0 fully saturated rings. The van der Waals surface area contributed by atoms with Crippen molar-refractivity contribution in [3.63, 3.8) is 0 Å². The highest BCUT2D eigenvalue weighted by atomic mass is 16.6. The topological polar surface area (TPSA) is 133 Å². The fraction of sp³-hybridized carbons (Fsp3) is 0.238. The van der Waals surface area contributed by atoms with Crippen LogP contribution in [0.3, 0.4) is 0 Å². The van der Waals surface area contributed by atoms with E-state index in [1.807, 2.05) is 0 Å². The zero-order valence-corrected chi connectivity index (χ0v) is 16.8. The molecule has 31 heavy (non-hydrogen) atoms. The predicted molar refractivity (Wildman–Crippen MR) is 109 cm³/mol. The summed E-state index contributed by atoms with van der Waals surface area (Å²) >= 11 is 0. The van der Waals surface area contributed by atoms with Gasteiger partial charge >= 0.3 is 5.97 Å². The highest BCUT2D eigenvalue weighted by Crippen LogP contribution is 2.38. The lowest BCUT2D eigenvalue weighted by Crippen LogP contribution is -2.38. The first-order valence-electron chi connectivity index (χ1n) is 9.30. The molecule has 3 rings (SSSR count). The maximum atomic E-state index is 13.0. The summed E-state index contributed by atoms with van der Waals surface area (Å²) in [6.07, 6.45) is -0.0993. The SMILES string of the molecule is COC(=O)C1=C(C)N(Cc2cccc([N+](=O)[O-])c2)C(=O)CC1c1cccc([N+](=O)[O-])c1. The third-order valence-corrected chi connectivity index (χ3v) is 5.17. The van der Waals surface area contributed by atoms with Crippen molar-refractivity contribution >= 4 is 23.3 Å². The number of hydrogen-bond donors (Lipinski definition) is 0. The zero-order chi connectivity index (χ0) is 22.7. The fourth-order valence-corrected chi connectivity index (χ4v) is 3.67. The van der Waals surface area contributed by atoms with E-state index in [9.17, 15) is 29.8 Å². The molecule has 1 amide bonds. The number of nitro groups is 2. The Bertz CT molecular complexity index is 1110. The molecule has 2 aromatic carbocycles. The number of carbonyl (C=O) groups excluding carboxylic acids is 2. The third kappa shape index (κ3) is 4.42. The minimum Gasteiger partial charge on any atom is -0.466 e. The first-order chi connectivity index (χ1) is 14.7. The van der Waals surface area contributed by atoms with Crippen molar-refractivity contribution in [3.05, 3.63) is 91.2 Å². The van der Waals surface area contributed by atoms with Gasteiger partial charge in [0, 0.05) is 42.3 Å². The lowest BCUT2D eigenvalue weighted by atomic mass is 9.83. The first kappa shape index (κ1) is 21.6. The lowest BCUT2D eigenvalue weighted by Gasteiger charge is -2.34. The molecule has 1 heterocycles. The number of amides is 1.